The summed E-state index contributed by atoms with van der Waals surface area (Å²) in [7, 11) is -2.50. The van der Waals surface area contributed by atoms with E-state index in [1.54, 1.807) is 31.3 Å². The molecule has 180 valence electrons. The van der Waals surface area contributed by atoms with E-state index in [4.69, 9.17) is 4.74 Å². The van der Waals surface area contributed by atoms with E-state index in [9.17, 15) is 17.6 Å². The summed E-state index contributed by atoms with van der Waals surface area (Å²) < 4.78 is 52.7. The Kier molecular flexibility index (Phi) is 6.91. The Morgan fingerprint density at radius 2 is 2.12 bits per heavy atom. The van der Waals surface area contributed by atoms with Gasteiger partial charge in [-0.15, -0.1) is 0 Å². The topological polar surface area (TPSA) is 114 Å². The van der Waals surface area contributed by atoms with Crippen LogP contribution >= 0.6 is 15.9 Å². The van der Waals surface area contributed by atoms with E-state index in [1.807, 2.05) is 4.72 Å². The molecule has 0 saturated heterocycles. The lowest BCUT2D eigenvalue weighted by Gasteiger charge is -2.25. The number of fused-ring (bicyclic) bond motifs is 1. The van der Waals surface area contributed by atoms with Gasteiger partial charge in [0.15, 0.2) is 0 Å². The molecule has 3 aromatic rings. The number of pyridine rings is 1. The molecule has 1 aromatic carbocycles. The zero-order valence-electron chi connectivity index (χ0n) is 18.4. The van der Waals surface area contributed by atoms with Crippen LogP contribution in [-0.2, 0) is 14.9 Å². The zero-order valence-corrected chi connectivity index (χ0v) is 20.8. The summed E-state index contributed by atoms with van der Waals surface area (Å²) >= 11 is 3.65. The van der Waals surface area contributed by atoms with Crippen molar-refractivity contribution in [1.29, 1.82) is 0 Å². The minimum absolute atomic E-state index is 0.0668. The molecule has 0 atom stereocenters. The fourth-order valence-corrected chi connectivity index (χ4v) is 5.60. The molecule has 0 bridgehead atoms. The van der Waals surface area contributed by atoms with Crippen molar-refractivity contribution < 1.29 is 27.1 Å². The number of H-pyrrole nitrogens is 1. The van der Waals surface area contributed by atoms with Crippen molar-refractivity contribution in [3.63, 3.8) is 0 Å². The maximum absolute atomic E-state index is 14.0. The van der Waals surface area contributed by atoms with Crippen LogP contribution in [0, 0.1) is 5.82 Å². The molecule has 1 amide bonds. The number of carbonyl (C=O) groups excluding carboxylic acids is 1. The van der Waals surface area contributed by atoms with Crippen molar-refractivity contribution in [2.24, 2.45) is 0 Å². The number of hydrogen-bond acceptors (Lipinski definition) is 6. The van der Waals surface area contributed by atoms with Gasteiger partial charge in [0.2, 0.25) is 0 Å². The van der Waals surface area contributed by atoms with Gasteiger partial charge >= 0.3 is 16.3 Å². The summed E-state index contributed by atoms with van der Waals surface area (Å²) in [6.07, 6.45) is 2.78. The minimum atomic E-state index is -4.02. The van der Waals surface area contributed by atoms with E-state index in [-0.39, 0.29) is 25.5 Å². The molecular formula is C22H22BrFN4O5S. The monoisotopic (exact) mass is 552 g/mol. The number of carbonyl (C=O) groups is 1. The van der Waals surface area contributed by atoms with Gasteiger partial charge in [-0.1, -0.05) is 6.08 Å². The van der Waals surface area contributed by atoms with Gasteiger partial charge in [-0.3, -0.25) is 0 Å². The van der Waals surface area contributed by atoms with Crippen LogP contribution in [0.3, 0.4) is 0 Å². The standard InChI is InChI=1S/C22H22BrFN4O5S/c1-3-33-22(29)27-34(30,31)28-10-7-13(8-11-28)20-19(23)18-15(6-9-25-21(18)26-20)16-12-14(24)4-5-17(16)32-2/h4-7,9,12H,3,8,10-11H2,1-2H3,(H,25,26)(H,27,29). The summed E-state index contributed by atoms with van der Waals surface area (Å²) in [4.78, 5) is 19.2. The molecule has 0 aliphatic carbocycles. The maximum Gasteiger partial charge on any atom is 0.421 e. The first kappa shape index (κ1) is 24.2. The number of methoxy groups -OCH3 is 1. The number of ether oxygens (including phenoxy) is 2. The summed E-state index contributed by atoms with van der Waals surface area (Å²) in [6, 6.07) is 6.10. The van der Waals surface area contributed by atoms with Crippen LogP contribution in [0.15, 0.2) is 41.0 Å². The third kappa shape index (κ3) is 4.65. The molecule has 0 spiro atoms. The summed E-state index contributed by atoms with van der Waals surface area (Å²) in [6.45, 7) is 1.90. The maximum atomic E-state index is 14.0. The third-order valence-electron chi connectivity index (χ3n) is 5.41. The average molecular weight is 553 g/mol. The van der Waals surface area contributed by atoms with Gasteiger partial charge in [-0.2, -0.15) is 12.7 Å². The van der Waals surface area contributed by atoms with Gasteiger partial charge in [0.05, 0.1) is 23.9 Å². The molecule has 9 nitrogen and oxygen atoms in total. The van der Waals surface area contributed by atoms with E-state index in [0.717, 1.165) is 31.0 Å². The molecule has 12 heteroatoms. The van der Waals surface area contributed by atoms with Crippen LogP contribution in [0.4, 0.5) is 9.18 Å². The lowest BCUT2D eigenvalue weighted by atomic mass is 10.0. The quantitative estimate of drug-likeness (QED) is 0.473. The molecule has 2 aromatic heterocycles. The van der Waals surface area contributed by atoms with Gasteiger partial charge < -0.3 is 14.5 Å². The average Bonchev–Trinajstić information content (AvgIpc) is 3.15. The number of nitrogens with zero attached hydrogens (tertiary/aromatic N) is 2. The molecule has 1 aliphatic heterocycles. The second-order valence-corrected chi connectivity index (χ2v) is 9.87. The van der Waals surface area contributed by atoms with E-state index in [1.165, 1.54) is 19.2 Å². The molecule has 1 aliphatic rings. The Morgan fingerprint density at radius 1 is 1.32 bits per heavy atom. The van der Waals surface area contributed by atoms with E-state index in [0.29, 0.717) is 23.4 Å². The summed E-state index contributed by atoms with van der Waals surface area (Å²) in [5.41, 5.74) is 3.53. The van der Waals surface area contributed by atoms with Crippen LogP contribution in [0.1, 0.15) is 19.0 Å². The Bertz CT molecular complexity index is 1390. The van der Waals surface area contributed by atoms with Gasteiger partial charge in [0.1, 0.15) is 17.2 Å². The lowest BCUT2D eigenvalue weighted by Crippen LogP contribution is -2.45. The summed E-state index contributed by atoms with van der Waals surface area (Å²) in [5.74, 6) is 0.135. The van der Waals surface area contributed by atoms with Crippen LogP contribution in [0.25, 0.3) is 27.7 Å². The fraction of sp³-hybridized carbons (Fsp3) is 0.273. The zero-order chi connectivity index (χ0) is 24.5. The van der Waals surface area contributed by atoms with Gasteiger partial charge in [-0.05, 0) is 64.7 Å². The molecule has 4 rings (SSSR count). The van der Waals surface area contributed by atoms with Crippen molar-refractivity contribution in [2.45, 2.75) is 13.3 Å². The van der Waals surface area contributed by atoms with Crippen molar-refractivity contribution >= 4 is 48.8 Å². The molecule has 3 heterocycles. The van der Waals surface area contributed by atoms with Crippen molar-refractivity contribution in [1.82, 2.24) is 19.0 Å². The number of rotatable bonds is 6. The van der Waals surface area contributed by atoms with E-state index < -0.39 is 16.3 Å². The van der Waals surface area contributed by atoms with E-state index >= 15 is 0 Å². The second kappa shape index (κ2) is 9.72. The van der Waals surface area contributed by atoms with E-state index in [2.05, 4.69) is 30.6 Å². The predicted molar refractivity (Wildman–Crippen MR) is 129 cm³/mol. The number of aromatic amines is 1. The largest absolute Gasteiger partial charge is 0.496 e. The number of halogens is 2. The second-order valence-electron chi connectivity index (χ2n) is 7.41. The smallest absolute Gasteiger partial charge is 0.421 e. The Labute approximate surface area is 204 Å². The molecule has 0 saturated carbocycles. The predicted octanol–water partition coefficient (Wildman–Crippen LogP) is 4.22. The lowest BCUT2D eigenvalue weighted by molar-refractivity contribution is 0.158. The molecule has 0 radical (unpaired) electrons. The van der Waals surface area contributed by atoms with Crippen LogP contribution in [-0.4, -0.2) is 55.6 Å². The number of nitrogens with one attached hydrogen (secondary N) is 2. The Morgan fingerprint density at radius 3 is 2.79 bits per heavy atom. The highest BCUT2D eigenvalue weighted by molar-refractivity contribution is 9.10. The van der Waals surface area contributed by atoms with Gasteiger partial charge in [-0.25, -0.2) is 18.9 Å². The Hall–Kier alpha value is -2.96. The molecular weight excluding hydrogens is 531 g/mol. The number of amides is 1. The number of hydrogen-bond donors (Lipinski definition) is 2. The molecule has 2 N–H and O–H groups in total. The van der Waals surface area contributed by atoms with Crippen LogP contribution in [0.2, 0.25) is 0 Å². The first-order chi connectivity index (χ1) is 16.2. The Balaban J connectivity index is 1.67. The highest BCUT2D eigenvalue weighted by Crippen LogP contribution is 2.41. The van der Waals surface area contributed by atoms with Crippen molar-refractivity contribution in [2.75, 3.05) is 26.8 Å². The molecule has 34 heavy (non-hydrogen) atoms. The summed E-state index contributed by atoms with van der Waals surface area (Å²) in [5, 5.41) is 0.751. The minimum Gasteiger partial charge on any atom is -0.496 e. The number of aromatic nitrogens is 2. The fourth-order valence-electron chi connectivity index (χ4n) is 3.84. The van der Waals surface area contributed by atoms with Crippen LogP contribution < -0.4 is 9.46 Å². The first-order valence-electron chi connectivity index (χ1n) is 10.4. The third-order valence-corrected chi connectivity index (χ3v) is 7.63. The van der Waals surface area contributed by atoms with Gasteiger partial charge in [0, 0.05) is 30.2 Å². The molecule has 0 fully saturated rings. The highest BCUT2D eigenvalue weighted by atomic mass is 79.9. The van der Waals surface area contributed by atoms with Gasteiger partial charge in [0.25, 0.3) is 0 Å². The first-order valence-corrected chi connectivity index (χ1v) is 12.6. The molecule has 0 unspecified atom stereocenters. The van der Waals surface area contributed by atoms with Crippen molar-refractivity contribution in [3.8, 4) is 16.9 Å². The number of benzene rings is 1. The normalized spacial score (nSPS) is 14.6. The SMILES string of the molecule is CCOC(=O)NS(=O)(=O)N1CC=C(c2[nH]c3nccc(-c4cc(F)ccc4OC)c3c2Br)CC1. The van der Waals surface area contributed by atoms with Crippen LogP contribution in [0.5, 0.6) is 5.75 Å². The van der Waals surface area contributed by atoms with Crippen molar-refractivity contribution in [3.05, 3.63) is 52.5 Å². The highest BCUT2D eigenvalue weighted by Gasteiger charge is 2.28.